The largest absolute Gasteiger partial charge is 0.280 e. The zero-order valence-corrected chi connectivity index (χ0v) is 18.2. The maximum Gasteiger partial charge on any atom is 0.127 e. The van der Waals surface area contributed by atoms with E-state index in [0.29, 0.717) is 6.54 Å². The average molecular weight is 423 g/mol. The molecule has 0 unspecified atom stereocenters. The number of hydrogen-bond acceptors (Lipinski definition) is 2. The predicted molar refractivity (Wildman–Crippen MR) is 122 cm³/mol. The van der Waals surface area contributed by atoms with Crippen LogP contribution in [0.2, 0.25) is 5.02 Å². The van der Waals surface area contributed by atoms with Gasteiger partial charge in [0.1, 0.15) is 5.82 Å². The average Bonchev–Trinajstić information content (AvgIpc) is 2.77. The summed E-state index contributed by atoms with van der Waals surface area (Å²) >= 11 is 6.47. The van der Waals surface area contributed by atoms with Gasteiger partial charge in [-0.05, 0) is 41.7 Å². The lowest BCUT2D eigenvalue weighted by Crippen LogP contribution is -2.47. The minimum absolute atomic E-state index is 0.0838. The minimum atomic E-state index is -0.138. The van der Waals surface area contributed by atoms with Gasteiger partial charge in [-0.1, -0.05) is 79.2 Å². The van der Waals surface area contributed by atoms with Crippen LogP contribution in [0.25, 0.3) is 0 Å². The molecule has 1 fully saturated rings. The Hall–Kier alpha value is -2.20. The van der Waals surface area contributed by atoms with Crippen LogP contribution in [0.15, 0.2) is 72.8 Å². The molecule has 2 nitrogen and oxygen atoms in total. The molecule has 1 saturated heterocycles. The molecule has 30 heavy (non-hydrogen) atoms. The molecule has 4 heteroatoms. The first kappa shape index (κ1) is 21.0. The first-order valence-electron chi connectivity index (χ1n) is 10.7. The maximum absolute atomic E-state index is 14.4. The second kappa shape index (κ2) is 9.74. The third kappa shape index (κ3) is 4.75. The van der Waals surface area contributed by atoms with Crippen molar-refractivity contribution >= 4 is 11.6 Å². The lowest BCUT2D eigenvalue weighted by atomic mass is 10.0. The molecular formula is C26H28ClFN2. The molecule has 0 bridgehead atoms. The van der Waals surface area contributed by atoms with E-state index in [4.69, 9.17) is 11.6 Å². The van der Waals surface area contributed by atoms with Crippen molar-refractivity contribution in [1.82, 2.24) is 9.80 Å². The third-order valence-electron chi connectivity index (χ3n) is 5.93. The quantitative estimate of drug-likeness (QED) is 0.450. The predicted octanol–water partition coefficient (Wildman–Crippen LogP) is 6.45. The topological polar surface area (TPSA) is 6.48 Å². The van der Waals surface area contributed by atoms with E-state index in [2.05, 4.69) is 47.1 Å². The van der Waals surface area contributed by atoms with Crippen LogP contribution in [-0.2, 0) is 19.5 Å². The van der Waals surface area contributed by atoms with Crippen LogP contribution >= 0.6 is 11.6 Å². The van der Waals surface area contributed by atoms with E-state index >= 15 is 0 Å². The molecule has 0 aromatic heterocycles. The molecule has 3 aromatic carbocycles. The van der Waals surface area contributed by atoms with Crippen molar-refractivity contribution in [2.45, 2.75) is 39.0 Å². The zero-order valence-electron chi connectivity index (χ0n) is 17.4. The van der Waals surface area contributed by atoms with Crippen LogP contribution in [0.1, 0.15) is 41.8 Å². The Balaban J connectivity index is 1.67. The molecule has 0 saturated carbocycles. The Morgan fingerprint density at radius 2 is 1.43 bits per heavy atom. The van der Waals surface area contributed by atoms with Gasteiger partial charge in [-0.2, -0.15) is 0 Å². The highest BCUT2D eigenvalue weighted by molar-refractivity contribution is 6.31. The SMILES string of the molecule is CCc1ccc([C@H]2N(Cc3ccccc3F)CCCN2Cc2ccccc2Cl)cc1. The number of aryl methyl sites for hydroxylation is 1. The molecule has 1 aliphatic rings. The summed E-state index contributed by atoms with van der Waals surface area (Å²) < 4.78 is 14.4. The normalized spacial score (nSPS) is 17.9. The van der Waals surface area contributed by atoms with Crippen molar-refractivity contribution in [2.24, 2.45) is 0 Å². The Labute approximate surface area is 183 Å². The zero-order chi connectivity index (χ0) is 20.9. The summed E-state index contributed by atoms with van der Waals surface area (Å²) in [7, 11) is 0. The smallest absolute Gasteiger partial charge is 0.127 e. The lowest BCUT2D eigenvalue weighted by molar-refractivity contribution is -0.00963. The molecule has 1 atom stereocenters. The van der Waals surface area contributed by atoms with Gasteiger partial charge in [0.25, 0.3) is 0 Å². The van der Waals surface area contributed by atoms with Gasteiger partial charge < -0.3 is 0 Å². The summed E-state index contributed by atoms with van der Waals surface area (Å²) in [6.07, 6.45) is 2.15. The highest BCUT2D eigenvalue weighted by atomic mass is 35.5. The lowest BCUT2D eigenvalue weighted by Gasteiger charge is -2.44. The van der Waals surface area contributed by atoms with Crippen LogP contribution in [0, 0.1) is 5.82 Å². The van der Waals surface area contributed by atoms with E-state index in [9.17, 15) is 4.39 Å². The van der Waals surface area contributed by atoms with Gasteiger partial charge in [0.2, 0.25) is 0 Å². The van der Waals surface area contributed by atoms with E-state index in [-0.39, 0.29) is 12.0 Å². The Bertz CT molecular complexity index is 917. The van der Waals surface area contributed by atoms with Gasteiger partial charge in [-0.25, -0.2) is 4.39 Å². The van der Waals surface area contributed by atoms with Crippen molar-refractivity contribution in [3.63, 3.8) is 0 Å². The minimum Gasteiger partial charge on any atom is -0.280 e. The van der Waals surface area contributed by atoms with Crippen molar-refractivity contribution in [3.05, 3.63) is 106 Å². The van der Waals surface area contributed by atoms with Gasteiger partial charge in [0.15, 0.2) is 0 Å². The molecule has 1 aliphatic heterocycles. The van der Waals surface area contributed by atoms with Crippen molar-refractivity contribution in [3.8, 4) is 0 Å². The maximum atomic E-state index is 14.4. The molecule has 0 amide bonds. The molecule has 0 radical (unpaired) electrons. The van der Waals surface area contributed by atoms with E-state index in [1.54, 1.807) is 12.1 Å². The Morgan fingerprint density at radius 3 is 2.07 bits per heavy atom. The van der Waals surface area contributed by atoms with Gasteiger partial charge in [0, 0.05) is 36.8 Å². The van der Waals surface area contributed by atoms with Crippen molar-refractivity contribution in [2.75, 3.05) is 13.1 Å². The summed E-state index contributed by atoms with van der Waals surface area (Å²) in [5.74, 6) is -0.138. The Morgan fingerprint density at radius 1 is 0.833 bits per heavy atom. The second-order valence-corrected chi connectivity index (χ2v) is 8.35. The van der Waals surface area contributed by atoms with Gasteiger partial charge >= 0.3 is 0 Å². The molecule has 1 heterocycles. The Kier molecular flexibility index (Phi) is 6.83. The summed E-state index contributed by atoms with van der Waals surface area (Å²) in [6.45, 7) is 5.45. The van der Waals surface area contributed by atoms with Crippen LogP contribution < -0.4 is 0 Å². The molecule has 0 spiro atoms. The number of rotatable bonds is 6. The van der Waals surface area contributed by atoms with E-state index in [1.165, 1.54) is 11.1 Å². The molecule has 0 N–H and O–H groups in total. The van der Waals surface area contributed by atoms with Crippen LogP contribution in [0.3, 0.4) is 0 Å². The summed E-state index contributed by atoms with van der Waals surface area (Å²) in [5.41, 5.74) is 4.44. The van der Waals surface area contributed by atoms with Gasteiger partial charge in [0.05, 0.1) is 6.17 Å². The number of hydrogen-bond donors (Lipinski definition) is 0. The summed E-state index contributed by atoms with van der Waals surface area (Å²) in [5, 5.41) is 0.795. The molecule has 3 aromatic rings. The fraction of sp³-hybridized carbons (Fsp3) is 0.308. The van der Waals surface area contributed by atoms with Gasteiger partial charge in [-0.3, -0.25) is 9.80 Å². The van der Waals surface area contributed by atoms with Crippen LogP contribution in [0.4, 0.5) is 4.39 Å². The highest BCUT2D eigenvalue weighted by Gasteiger charge is 2.31. The van der Waals surface area contributed by atoms with E-state index in [0.717, 1.165) is 48.6 Å². The highest BCUT2D eigenvalue weighted by Crippen LogP contribution is 2.33. The fourth-order valence-electron chi connectivity index (χ4n) is 4.32. The fourth-order valence-corrected chi connectivity index (χ4v) is 4.52. The monoisotopic (exact) mass is 422 g/mol. The summed E-state index contributed by atoms with van der Waals surface area (Å²) in [4.78, 5) is 4.85. The molecular weight excluding hydrogens is 395 g/mol. The van der Waals surface area contributed by atoms with Gasteiger partial charge in [-0.15, -0.1) is 0 Å². The van der Waals surface area contributed by atoms with Crippen molar-refractivity contribution < 1.29 is 4.39 Å². The molecule has 156 valence electrons. The molecule has 0 aliphatic carbocycles. The number of nitrogens with zero attached hydrogens (tertiary/aromatic N) is 2. The first-order valence-corrected chi connectivity index (χ1v) is 11.1. The first-order chi connectivity index (χ1) is 14.7. The van der Waals surface area contributed by atoms with E-state index < -0.39 is 0 Å². The number of halogens is 2. The van der Waals surface area contributed by atoms with Crippen LogP contribution in [0.5, 0.6) is 0 Å². The number of benzene rings is 3. The van der Waals surface area contributed by atoms with Crippen LogP contribution in [-0.4, -0.2) is 22.9 Å². The van der Waals surface area contributed by atoms with E-state index in [1.807, 2.05) is 30.3 Å². The summed E-state index contributed by atoms with van der Waals surface area (Å²) in [6, 6.07) is 24.0. The second-order valence-electron chi connectivity index (χ2n) is 7.95. The third-order valence-corrected chi connectivity index (χ3v) is 6.30. The standard InChI is InChI=1S/C26H28ClFN2/c1-2-20-12-14-21(15-13-20)26-29(18-22-8-3-5-10-24(22)27)16-7-17-30(26)19-23-9-4-6-11-25(23)28/h3-6,8-15,26H,2,7,16-19H2,1H3/t26-/m1/s1. The van der Waals surface area contributed by atoms with Crippen molar-refractivity contribution in [1.29, 1.82) is 0 Å². The molecule has 4 rings (SSSR count).